The van der Waals surface area contributed by atoms with E-state index in [4.69, 9.17) is 4.74 Å². The molecule has 3 aromatic rings. The molecule has 8 heteroatoms. The fraction of sp³-hybridized carbons (Fsp3) is 0.357. The number of hydrogen-bond acceptors (Lipinski definition) is 6. The van der Waals surface area contributed by atoms with Crippen molar-refractivity contribution in [2.24, 2.45) is 5.92 Å². The number of amides is 4. The molecule has 2 aromatic carbocycles. The average Bonchev–Trinajstić information content (AvgIpc) is 3.32. The van der Waals surface area contributed by atoms with Crippen LogP contribution in [0.4, 0.5) is 9.59 Å². The standard InChI is InChI=1S/C28H33N3O4S/c1-21(2)16-18-31(28(34)35-19-24-13-8-5-9-14-24)27(33)30(26(32)25-29-22(3)20-36-25)17-10-15-23-11-6-4-7-12-23/h4-9,11-14,20-21H,10,15-19H2,1-3H3. The molecule has 0 radical (unpaired) electrons. The van der Waals surface area contributed by atoms with Gasteiger partial charge in [-0.15, -0.1) is 11.3 Å². The van der Waals surface area contributed by atoms with Gasteiger partial charge in [-0.05, 0) is 43.2 Å². The summed E-state index contributed by atoms with van der Waals surface area (Å²) in [7, 11) is 0. The Hall–Kier alpha value is -3.52. The maximum atomic E-state index is 13.7. The number of carbonyl (C=O) groups is 3. The van der Waals surface area contributed by atoms with Gasteiger partial charge in [0.15, 0.2) is 5.01 Å². The van der Waals surface area contributed by atoms with Gasteiger partial charge in [0, 0.05) is 24.2 Å². The predicted molar refractivity (Wildman–Crippen MR) is 141 cm³/mol. The van der Waals surface area contributed by atoms with Crippen molar-refractivity contribution in [2.45, 2.75) is 46.6 Å². The maximum Gasteiger partial charge on any atom is 0.418 e. The number of rotatable bonds is 10. The summed E-state index contributed by atoms with van der Waals surface area (Å²) in [5.74, 6) is -0.248. The molecule has 0 unspecified atom stereocenters. The van der Waals surface area contributed by atoms with Crippen molar-refractivity contribution in [1.82, 2.24) is 14.8 Å². The van der Waals surface area contributed by atoms with Crippen LogP contribution in [0.5, 0.6) is 0 Å². The van der Waals surface area contributed by atoms with E-state index in [9.17, 15) is 14.4 Å². The first-order valence-corrected chi connectivity index (χ1v) is 13.0. The lowest BCUT2D eigenvalue weighted by molar-refractivity contribution is 0.0708. The van der Waals surface area contributed by atoms with E-state index in [0.29, 0.717) is 25.0 Å². The molecule has 0 aliphatic heterocycles. The van der Waals surface area contributed by atoms with Gasteiger partial charge in [0.1, 0.15) is 6.61 Å². The van der Waals surface area contributed by atoms with Gasteiger partial charge < -0.3 is 4.74 Å². The molecule has 1 aromatic heterocycles. The number of ether oxygens (including phenoxy) is 1. The third-order valence-corrected chi connectivity index (χ3v) is 6.50. The largest absolute Gasteiger partial charge is 0.444 e. The number of benzene rings is 2. The maximum absolute atomic E-state index is 13.7. The smallest absolute Gasteiger partial charge is 0.418 e. The van der Waals surface area contributed by atoms with Gasteiger partial charge >= 0.3 is 12.1 Å². The van der Waals surface area contributed by atoms with E-state index >= 15 is 0 Å². The number of urea groups is 1. The number of imide groups is 2. The quantitative estimate of drug-likeness (QED) is 0.320. The zero-order chi connectivity index (χ0) is 25.9. The van der Waals surface area contributed by atoms with Crippen LogP contribution in [0.15, 0.2) is 66.0 Å². The second-order valence-electron chi connectivity index (χ2n) is 9.00. The highest BCUT2D eigenvalue weighted by atomic mass is 32.1. The molecular weight excluding hydrogens is 474 g/mol. The van der Waals surface area contributed by atoms with Gasteiger partial charge in [-0.1, -0.05) is 74.5 Å². The van der Waals surface area contributed by atoms with E-state index in [-0.39, 0.29) is 30.6 Å². The van der Waals surface area contributed by atoms with Gasteiger partial charge in [-0.3, -0.25) is 9.69 Å². The van der Waals surface area contributed by atoms with Crippen molar-refractivity contribution >= 4 is 29.4 Å². The number of carbonyl (C=O) groups excluding carboxylic acids is 3. The van der Waals surface area contributed by atoms with E-state index in [1.807, 2.05) is 74.5 Å². The summed E-state index contributed by atoms with van der Waals surface area (Å²) in [6.07, 6.45) is 1.08. The van der Waals surface area contributed by atoms with Crippen LogP contribution in [-0.2, 0) is 17.8 Å². The normalized spacial score (nSPS) is 10.8. The van der Waals surface area contributed by atoms with Crippen LogP contribution in [0.2, 0.25) is 0 Å². The zero-order valence-corrected chi connectivity index (χ0v) is 21.9. The predicted octanol–water partition coefficient (Wildman–Crippen LogP) is 6.33. The lowest BCUT2D eigenvalue weighted by Crippen LogP contribution is -2.50. The van der Waals surface area contributed by atoms with Crippen molar-refractivity contribution in [1.29, 1.82) is 0 Å². The van der Waals surface area contributed by atoms with Crippen LogP contribution in [0.3, 0.4) is 0 Å². The molecule has 0 spiro atoms. The average molecular weight is 508 g/mol. The Bertz CT molecular complexity index is 1130. The first kappa shape index (κ1) is 27.1. The molecular formula is C28H33N3O4S. The van der Waals surface area contributed by atoms with Crippen LogP contribution >= 0.6 is 11.3 Å². The number of hydrogen-bond donors (Lipinski definition) is 0. The van der Waals surface area contributed by atoms with Crippen molar-refractivity contribution in [3.8, 4) is 0 Å². The molecule has 0 bridgehead atoms. The van der Waals surface area contributed by atoms with Gasteiger partial charge in [-0.25, -0.2) is 19.5 Å². The highest BCUT2D eigenvalue weighted by Crippen LogP contribution is 2.17. The Kier molecular flexibility index (Phi) is 10.2. The van der Waals surface area contributed by atoms with Crippen LogP contribution in [0.25, 0.3) is 0 Å². The minimum atomic E-state index is -0.763. The second-order valence-corrected chi connectivity index (χ2v) is 9.86. The summed E-state index contributed by atoms with van der Waals surface area (Å²) in [5, 5.41) is 1.99. The Morgan fingerprint density at radius 1 is 0.917 bits per heavy atom. The first-order chi connectivity index (χ1) is 17.3. The molecule has 0 aliphatic carbocycles. The van der Waals surface area contributed by atoms with Gasteiger partial charge in [-0.2, -0.15) is 0 Å². The number of nitrogens with zero attached hydrogens (tertiary/aromatic N) is 3. The Balaban J connectivity index is 1.79. The van der Waals surface area contributed by atoms with Gasteiger partial charge in [0.05, 0.1) is 0 Å². The first-order valence-electron chi connectivity index (χ1n) is 12.1. The van der Waals surface area contributed by atoms with E-state index in [2.05, 4.69) is 4.98 Å². The fourth-order valence-electron chi connectivity index (χ4n) is 3.53. The summed E-state index contributed by atoms with van der Waals surface area (Å²) >= 11 is 1.19. The summed E-state index contributed by atoms with van der Waals surface area (Å²) in [6.45, 7) is 6.18. The molecule has 1 heterocycles. The van der Waals surface area contributed by atoms with E-state index in [1.54, 1.807) is 12.3 Å². The van der Waals surface area contributed by atoms with Crippen molar-refractivity contribution in [3.05, 3.63) is 87.9 Å². The van der Waals surface area contributed by atoms with Gasteiger partial charge in [0.2, 0.25) is 0 Å². The van der Waals surface area contributed by atoms with Crippen molar-refractivity contribution in [3.63, 3.8) is 0 Å². The molecule has 4 amide bonds. The molecule has 7 nitrogen and oxygen atoms in total. The van der Waals surface area contributed by atoms with Crippen LogP contribution in [0.1, 0.15) is 53.3 Å². The topological polar surface area (TPSA) is 79.8 Å². The summed E-state index contributed by atoms with van der Waals surface area (Å²) in [4.78, 5) is 46.6. The minimum absolute atomic E-state index is 0.0404. The Morgan fingerprint density at radius 2 is 1.56 bits per heavy atom. The molecule has 3 rings (SSSR count). The monoisotopic (exact) mass is 507 g/mol. The Labute approximate surface area is 216 Å². The molecule has 0 saturated heterocycles. The fourth-order valence-corrected chi connectivity index (χ4v) is 4.28. The SMILES string of the molecule is Cc1csc(C(=O)N(CCCc2ccccc2)C(=O)N(CCC(C)C)C(=O)OCc2ccccc2)n1. The highest BCUT2D eigenvalue weighted by Gasteiger charge is 2.33. The second kappa shape index (κ2) is 13.5. The number of aryl methyl sites for hydroxylation is 2. The summed E-state index contributed by atoms with van der Waals surface area (Å²) < 4.78 is 5.47. The van der Waals surface area contributed by atoms with Crippen molar-refractivity contribution < 1.29 is 19.1 Å². The third-order valence-electron chi connectivity index (χ3n) is 5.55. The van der Waals surface area contributed by atoms with E-state index in [1.165, 1.54) is 11.3 Å². The number of thiazole rings is 1. The van der Waals surface area contributed by atoms with Crippen LogP contribution < -0.4 is 0 Å². The molecule has 36 heavy (non-hydrogen) atoms. The zero-order valence-electron chi connectivity index (χ0n) is 21.1. The van der Waals surface area contributed by atoms with Gasteiger partial charge in [0.25, 0.3) is 5.91 Å². The lowest BCUT2D eigenvalue weighted by Gasteiger charge is -2.28. The lowest BCUT2D eigenvalue weighted by atomic mass is 10.1. The Morgan fingerprint density at radius 3 is 2.14 bits per heavy atom. The molecule has 0 N–H and O–H groups in total. The third kappa shape index (κ3) is 8.02. The van der Waals surface area contributed by atoms with Crippen LogP contribution in [0, 0.1) is 12.8 Å². The summed E-state index contributed by atoms with van der Waals surface area (Å²) in [5.41, 5.74) is 2.64. The highest BCUT2D eigenvalue weighted by molar-refractivity contribution is 7.11. The molecule has 0 atom stereocenters. The molecule has 190 valence electrons. The molecule has 0 aliphatic rings. The van der Waals surface area contributed by atoms with Crippen molar-refractivity contribution in [2.75, 3.05) is 13.1 Å². The summed E-state index contributed by atoms with van der Waals surface area (Å²) in [6, 6.07) is 18.5. The number of aromatic nitrogens is 1. The van der Waals surface area contributed by atoms with Crippen LogP contribution in [-0.4, -0.2) is 45.9 Å². The molecule has 0 fully saturated rings. The van der Waals surface area contributed by atoms with E-state index in [0.717, 1.165) is 20.9 Å². The van der Waals surface area contributed by atoms with E-state index < -0.39 is 18.0 Å². The molecule has 0 saturated carbocycles. The minimum Gasteiger partial charge on any atom is -0.444 e.